The SMILES string of the molecule is NC(=O)COC(=O)C1(Cc2nc3ccccc3s2)CCCCC1. The predicted octanol–water partition coefficient (Wildman–Crippen LogP) is 2.82. The molecule has 1 aromatic heterocycles. The molecule has 1 heterocycles. The number of ether oxygens (including phenoxy) is 1. The molecule has 0 unspecified atom stereocenters. The highest BCUT2D eigenvalue weighted by Crippen LogP contribution is 2.41. The Morgan fingerprint density at radius 2 is 1.96 bits per heavy atom. The van der Waals surface area contributed by atoms with Crippen molar-refractivity contribution in [3.8, 4) is 0 Å². The van der Waals surface area contributed by atoms with Crippen molar-refractivity contribution < 1.29 is 14.3 Å². The van der Waals surface area contributed by atoms with E-state index in [4.69, 9.17) is 10.5 Å². The van der Waals surface area contributed by atoms with Crippen LogP contribution < -0.4 is 5.73 Å². The molecule has 0 radical (unpaired) electrons. The fraction of sp³-hybridized carbons (Fsp3) is 0.471. The molecule has 0 atom stereocenters. The van der Waals surface area contributed by atoms with E-state index in [1.165, 1.54) is 0 Å². The summed E-state index contributed by atoms with van der Waals surface area (Å²) in [6.45, 7) is -0.347. The zero-order valence-corrected chi connectivity index (χ0v) is 13.7. The lowest BCUT2D eigenvalue weighted by Crippen LogP contribution is -2.38. The van der Waals surface area contributed by atoms with E-state index in [0.29, 0.717) is 6.42 Å². The molecule has 23 heavy (non-hydrogen) atoms. The second-order valence-corrected chi connectivity index (χ2v) is 7.25. The number of rotatable bonds is 5. The largest absolute Gasteiger partial charge is 0.455 e. The average Bonchev–Trinajstić information content (AvgIpc) is 2.95. The van der Waals surface area contributed by atoms with Crippen molar-refractivity contribution in [3.63, 3.8) is 0 Å². The number of thiazole rings is 1. The lowest BCUT2D eigenvalue weighted by atomic mass is 9.72. The van der Waals surface area contributed by atoms with Crippen molar-refractivity contribution in [2.24, 2.45) is 11.1 Å². The molecule has 0 aliphatic heterocycles. The monoisotopic (exact) mass is 332 g/mol. The number of hydrogen-bond donors (Lipinski definition) is 1. The fourth-order valence-electron chi connectivity index (χ4n) is 3.26. The van der Waals surface area contributed by atoms with E-state index in [1.807, 2.05) is 24.3 Å². The molecule has 6 heteroatoms. The minimum Gasteiger partial charge on any atom is -0.455 e. The van der Waals surface area contributed by atoms with Gasteiger partial charge in [-0.05, 0) is 25.0 Å². The maximum atomic E-state index is 12.6. The van der Waals surface area contributed by atoms with E-state index < -0.39 is 11.3 Å². The summed E-state index contributed by atoms with van der Waals surface area (Å²) in [4.78, 5) is 28.1. The minimum absolute atomic E-state index is 0.310. The number of para-hydroxylation sites is 1. The van der Waals surface area contributed by atoms with Gasteiger partial charge in [-0.3, -0.25) is 9.59 Å². The first kappa shape index (κ1) is 15.9. The number of benzene rings is 1. The van der Waals surface area contributed by atoms with Crippen LogP contribution in [-0.2, 0) is 20.7 Å². The summed E-state index contributed by atoms with van der Waals surface area (Å²) in [5, 5.41) is 0.948. The summed E-state index contributed by atoms with van der Waals surface area (Å²) in [5.41, 5.74) is 5.48. The number of hydrogen-bond acceptors (Lipinski definition) is 5. The third-order valence-corrected chi connectivity index (χ3v) is 5.45. The zero-order chi connectivity index (χ0) is 16.3. The molecule has 1 saturated carbocycles. The van der Waals surface area contributed by atoms with Crippen molar-refractivity contribution in [1.82, 2.24) is 4.98 Å². The molecule has 5 nitrogen and oxygen atoms in total. The molecule has 0 bridgehead atoms. The molecular weight excluding hydrogens is 312 g/mol. The van der Waals surface area contributed by atoms with Crippen molar-refractivity contribution >= 4 is 33.4 Å². The lowest BCUT2D eigenvalue weighted by molar-refractivity contribution is -0.160. The Labute approximate surface area is 138 Å². The zero-order valence-electron chi connectivity index (χ0n) is 12.9. The Balaban J connectivity index is 1.83. The van der Waals surface area contributed by atoms with Crippen LogP contribution in [0.3, 0.4) is 0 Å². The van der Waals surface area contributed by atoms with Gasteiger partial charge in [-0.25, -0.2) is 4.98 Å². The van der Waals surface area contributed by atoms with Crippen LogP contribution in [0, 0.1) is 5.41 Å². The normalized spacial score (nSPS) is 17.0. The van der Waals surface area contributed by atoms with E-state index in [2.05, 4.69) is 4.98 Å². The van der Waals surface area contributed by atoms with Gasteiger partial charge in [0.15, 0.2) is 6.61 Å². The summed E-state index contributed by atoms with van der Waals surface area (Å²) in [7, 11) is 0. The highest BCUT2D eigenvalue weighted by Gasteiger charge is 2.42. The first-order chi connectivity index (χ1) is 11.1. The van der Waals surface area contributed by atoms with Gasteiger partial charge in [0, 0.05) is 6.42 Å². The van der Waals surface area contributed by atoms with Crippen molar-refractivity contribution in [3.05, 3.63) is 29.3 Å². The minimum atomic E-state index is -0.621. The van der Waals surface area contributed by atoms with Gasteiger partial charge in [-0.15, -0.1) is 11.3 Å². The number of primary amides is 1. The van der Waals surface area contributed by atoms with Gasteiger partial charge in [0.2, 0.25) is 0 Å². The third kappa shape index (κ3) is 3.52. The summed E-state index contributed by atoms with van der Waals surface area (Å²) in [6, 6.07) is 7.97. The second-order valence-electron chi connectivity index (χ2n) is 6.14. The average molecular weight is 332 g/mol. The van der Waals surface area contributed by atoms with E-state index in [1.54, 1.807) is 11.3 Å². The highest BCUT2D eigenvalue weighted by atomic mass is 32.1. The van der Waals surface area contributed by atoms with Gasteiger partial charge in [0.25, 0.3) is 5.91 Å². The Morgan fingerprint density at radius 1 is 1.22 bits per heavy atom. The maximum absolute atomic E-state index is 12.6. The van der Waals surface area contributed by atoms with Crippen molar-refractivity contribution in [2.45, 2.75) is 38.5 Å². The van der Waals surface area contributed by atoms with Crippen molar-refractivity contribution in [2.75, 3.05) is 6.61 Å². The molecule has 2 N–H and O–H groups in total. The van der Waals surface area contributed by atoms with Gasteiger partial charge in [0.1, 0.15) is 0 Å². The molecule has 0 saturated heterocycles. The van der Waals surface area contributed by atoms with E-state index in [0.717, 1.165) is 47.3 Å². The molecule has 2 aromatic rings. The molecular formula is C17H20N2O3S. The number of carbonyl (C=O) groups excluding carboxylic acids is 2. The number of esters is 1. The summed E-state index contributed by atoms with van der Waals surface area (Å²) in [5.74, 6) is -0.931. The van der Waals surface area contributed by atoms with Crippen LogP contribution in [-0.4, -0.2) is 23.5 Å². The fourth-order valence-corrected chi connectivity index (χ4v) is 4.37. The van der Waals surface area contributed by atoms with E-state index >= 15 is 0 Å². The third-order valence-electron chi connectivity index (χ3n) is 4.42. The Morgan fingerprint density at radius 3 is 2.65 bits per heavy atom. The summed E-state index contributed by atoms with van der Waals surface area (Å²) < 4.78 is 6.28. The molecule has 0 spiro atoms. The number of carbonyl (C=O) groups is 2. The number of amides is 1. The van der Waals surface area contributed by atoms with Gasteiger partial charge >= 0.3 is 5.97 Å². The van der Waals surface area contributed by atoms with Gasteiger partial charge in [0.05, 0.1) is 20.6 Å². The Hall–Kier alpha value is -1.95. The second kappa shape index (κ2) is 6.66. The first-order valence-corrected chi connectivity index (χ1v) is 8.71. The number of nitrogens with zero attached hydrogens (tertiary/aromatic N) is 1. The summed E-state index contributed by atoms with van der Waals surface area (Å²) in [6.07, 6.45) is 5.25. The van der Waals surface area contributed by atoms with Crippen LogP contribution in [0.5, 0.6) is 0 Å². The number of aromatic nitrogens is 1. The highest BCUT2D eigenvalue weighted by molar-refractivity contribution is 7.18. The van der Waals surface area contributed by atoms with Crippen LogP contribution in [0.1, 0.15) is 37.1 Å². The van der Waals surface area contributed by atoms with Crippen LogP contribution in [0.25, 0.3) is 10.2 Å². The van der Waals surface area contributed by atoms with Crippen molar-refractivity contribution in [1.29, 1.82) is 0 Å². The number of nitrogens with two attached hydrogens (primary N) is 1. The first-order valence-electron chi connectivity index (χ1n) is 7.89. The van der Waals surface area contributed by atoms with E-state index in [9.17, 15) is 9.59 Å². The lowest BCUT2D eigenvalue weighted by Gasteiger charge is -2.34. The molecule has 3 rings (SSSR count). The van der Waals surface area contributed by atoms with E-state index in [-0.39, 0.29) is 12.6 Å². The molecule has 1 aliphatic rings. The Bertz CT molecular complexity index is 686. The number of fused-ring (bicyclic) bond motifs is 1. The van der Waals surface area contributed by atoms with Crippen LogP contribution in [0.2, 0.25) is 0 Å². The quantitative estimate of drug-likeness (QED) is 0.854. The molecule has 122 valence electrons. The van der Waals surface area contributed by atoms with Crippen LogP contribution >= 0.6 is 11.3 Å². The Kier molecular flexibility index (Phi) is 4.61. The van der Waals surface area contributed by atoms with Crippen LogP contribution in [0.15, 0.2) is 24.3 Å². The van der Waals surface area contributed by atoms with Crippen LogP contribution in [0.4, 0.5) is 0 Å². The standard InChI is InChI=1S/C17H20N2O3S/c18-14(20)11-22-16(21)17(8-4-1-5-9-17)10-15-19-12-6-2-3-7-13(12)23-15/h2-3,6-7H,1,4-5,8-11H2,(H2,18,20). The van der Waals surface area contributed by atoms with Gasteiger partial charge in [-0.1, -0.05) is 31.4 Å². The molecule has 1 aliphatic carbocycles. The van der Waals surface area contributed by atoms with Gasteiger partial charge in [-0.2, -0.15) is 0 Å². The molecule has 1 fully saturated rings. The predicted molar refractivity (Wildman–Crippen MR) is 89.0 cm³/mol. The summed E-state index contributed by atoms with van der Waals surface area (Å²) >= 11 is 1.62. The molecule has 1 amide bonds. The maximum Gasteiger partial charge on any atom is 0.313 e. The van der Waals surface area contributed by atoms with Gasteiger partial charge < -0.3 is 10.5 Å². The smallest absolute Gasteiger partial charge is 0.313 e. The molecule has 1 aromatic carbocycles. The topological polar surface area (TPSA) is 82.3 Å².